The predicted octanol–water partition coefficient (Wildman–Crippen LogP) is 4.22. The molecule has 4 rings (SSSR count). The molecule has 1 heterocycles. The summed E-state index contributed by atoms with van der Waals surface area (Å²) >= 11 is 0. The van der Waals surface area contributed by atoms with Crippen molar-refractivity contribution < 1.29 is 14.3 Å². The SMILES string of the molecule is COc1ccccc1NC(=O)NCc1ccc2c(c1)N(C(=O)c1ccccc1)CC2. The van der Waals surface area contributed by atoms with Crippen molar-refractivity contribution in [2.24, 2.45) is 0 Å². The van der Waals surface area contributed by atoms with Gasteiger partial charge in [0, 0.05) is 24.3 Å². The number of urea groups is 1. The summed E-state index contributed by atoms with van der Waals surface area (Å²) in [6, 6.07) is 22.2. The van der Waals surface area contributed by atoms with Gasteiger partial charge in [-0.1, -0.05) is 42.5 Å². The summed E-state index contributed by atoms with van der Waals surface area (Å²) in [5.74, 6) is 0.591. The van der Waals surface area contributed by atoms with E-state index in [4.69, 9.17) is 4.74 Å². The van der Waals surface area contributed by atoms with Gasteiger partial charge in [-0.3, -0.25) is 4.79 Å². The fourth-order valence-electron chi connectivity index (χ4n) is 3.58. The lowest BCUT2D eigenvalue weighted by atomic mass is 10.1. The van der Waals surface area contributed by atoms with Crippen LogP contribution in [0.4, 0.5) is 16.2 Å². The van der Waals surface area contributed by atoms with E-state index in [2.05, 4.69) is 10.6 Å². The normalized spacial score (nSPS) is 12.2. The summed E-state index contributed by atoms with van der Waals surface area (Å²) < 4.78 is 5.25. The van der Waals surface area contributed by atoms with Crippen molar-refractivity contribution in [2.45, 2.75) is 13.0 Å². The van der Waals surface area contributed by atoms with E-state index in [-0.39, 0.29) is 11.9 Å². The van der Waals surface area contributed by atoms with Crippen LogP contribution in [-0.2, 0) is 13.0 Å². The third-order valence-electron chi connectivity index (χ3n) is 5.12. The Morgan fingerprint density at radius 1 is 1.00 bits per heavy atom. The molecular weight excluding hydrogens is 378 g/mol. The number of hydrogen-bond donors (Lipinski definition) is 2. The number of benzene rings is 3. The minimum absolute atomic E-state index is 0.00613. The van der Waals surface area contributed by atoms with Gasteiger partial charge < -0.3 is 20.3 Å². The summed E-state index contributed by atoms with van der Waals surface area (Å²) in [7, 11) is 1.56. The summed E-state index contributed by atoms with van der Waals surface area (Å²) in [5.41, 5.74) is 4.25. The van der Waals surface area contributed by atoms with Crippen molar-refractivity contribution in [1.82, 2.24) is 5.32 Å². The third kappa shape index (κ3) is 4.12. The van der Waals surface area contributed by atoms with E-state index in [9.17, 15) is 9.59 Å². The fraction of sp³-hybridized carbons (Fsp3) is 0.167. The number of rotatable bonds is 5. The Hall–Kier alpha value is -3.80. The van der Waals surface area contributed by atoms with Gasteiger partial charge in [0.15, 0.2) is 0 Å². The smallest absolute Gasteiger partial charge is 0.319 e. The number of nitrogens with zero attached hydrogens (tertiary/aromatic N) is 1. The molecule has 0 atom stereocenters. The molecule has 3 amide bonds. The van der Waals surface area contributed by atoms with Crippen molar-refractivity contribution in [3.8, 4) is 5.75 Å². The summed E-state index contributed by atoms with van der Waals surface area (Å²) in [4.78, 5) is 27.0. The number of carbonyl (C=O) groups is 2. The Morgan fingerprint density at radius 3 is 2.57 bits per heavy atom. The van der Waals surface area contributed by atoms with Crippen molar-refractivity contribution in [1.29, 1.82) is 0 Å². The van der Waals surface area contributed by atoms with E-state index in [1.807, 2.05) is 65.6 Å². The number of amides is 3. The van der Waals surface area contributed by atoms with Gasteiger partial charge in [0.1, 0.15) is 5.75 Å². The highest BCUT2D eigenvalue weighted by Crippen LogP contribution is 2.30. The molecule has 0 aromatic heterocycles. The molecule has 0 spiro atoms. The Kier molecular flexibility index (Phi) is 5.66. The molecule has 152 valence electrons. The number of carbonyl (C=O) groups excluding carboxylic acids is 2. The number of ether oxygens (including phenoxy) is 1. The number of fused-ring (bicyclic) bond motifs is 1. The molecule has 0 fully saturated rings. The number of para-hydroxylation sites is 2. The fourth-order valence-corrected chi connectivity index (χ4v) is 3.58. The summed E-state index contributed by atoms with van der Waals surface area (Å²) in [6.07, 6.45) is 0.829. The molecule has 1 aliphatic heterocycles. The molecule has 3 aromatic carbocycles. The molecule has 0 aliphatic carbocycles. The zero-order valence-corrected chi connectivity index (χ0v) is 16.7. The zero-order valence-electron chi connectivity index (χ0n) is 16.7. The molecule has 0 saturated heterocycles. The molecule has 0 radical (unpaired) electrons. The van der Waals surface area contributed by atoms with Gasteiger partial charge in [-0.25, -0.2) is 4.79 Å². The maximum Gasteiger partial charge on any atom is 0.319 e. The third-order valence-corrected chi connectivity index (χ3v) is 5.12. The Bertz CT molecular complexity index is 1070. The van der Waals surface area contributed by atoms with E-state index in [0.717, 1.165) is 23.2 Å². The standard InChI is InChI=1S/C24H23N3O3/c1-30-22-10-6-5-9-20(22)26-24(29)25-16-17-11-12-18-13-14-27(21(18)15-17)23(28)19-7-3-2-4-8-19/h2-12,15H,13-14,16H2,1H3,(H2,25,26,29). The van der Waals surface area contributed by atoms with Crippen LogP contribution in [0.5, 0.6) is 5.75 Å². The highest BCUT2D eigenvalue weighted by Gasteiger charge is 2.25. The molecule has 30 heavy (non-hydrogen) atoms. The summed E-state index contributed by atoms with van der Waals surface area (Å²) in [6.45, 7) is 1.01. The van der Waals surface area contributed by atoms with Gasteiger partial charge in [-0.2, -0.15) is 0 Å². The van der Waals surface area contributed by atoms with Crippen molar-refractivity contribution in [2.75, 3.05) is 23.9 Å². The number of nitrogens with one attached hydrogen (secondary N) is 2. The van der Waals surface area contributed by atoms with E-state index >= 15 is 0 Å². The van der Waals surface area contributed by atoms with E-state index in [1.165, 1.54) is 0 Å². The lowest BCUT2D eigenvalue weighted by molar-refractivity contribution is 0.0989. The Morgan fingerprint density at radius 2 is 1.77 bits per heavy atom. The first-order chi connectivity index (χ1) is 14.7. The van der Waals surface area contributed by atoms with Crippen LogP contribution in [0.2, 0.25) is 0 Å². The maximum atomic E-state index is 12.9. The second-order valence-corrected chi connectivity index (χ2v) is 7.04. The number of methoxy groups -OCH3 is 1. The van der Waals surface area contributed by atoms with E-state index in [1.54, 1.807) is 19.2 Å². The van der Waals surface area contributed by atoms with Crippen LogP contribution >= 0.6 is 0 Å². The lowest BCUT2D eigenvalue weighted by Crippen LogP contribution is -2.29. The molecule has 0 bridgehead atoms. The monoisotopic (exact) mass is 401 g/mol. The Labute approximate surface area is 175 Å². The minimum atomic E-state index is -0.322. The molecule has 3 aromatic rings. The molecule has 6 nitrogen and oxygen atoms in total. The first-order valence-corrected chi connectivity index (χ1v) is 9.82. The van der Waals surface area contributed by atoms with Crippen LogP contribution in [0.1, 0.15) is 21.5 Å². The quantitative estimate of drug-likeness (QED) is 0.672. The topological polar surface area (TPSA) is 70.7 Å². The molecule has 6 heteroatoms. The average Bonchev–Trinajstić information content (AvgIpc) is 3.21. The van der Waals surface area contributed by atoms with Gasteiger partial charge in [0.2, 0.25) is 0 Å². The predicted molar refractivity (Wildman–Crippen MR) is 117 cm³/mol. The van der Waals surface area contributed by atoms with Gasteiger partial charge in [-0.05, 0) is 47.9 Å². The second kappa shape index (κ2) is 8.69. The van der Waals surface area contributed by atoms with Crippen LogP contribution in [0.25, 0.3) is 0 Å². The van der Waals surface area contributed by atoms with Crippen molar-refractivity contribution in [3.63, 3.8) is 0 Å². The highest BCUT2D eigenvalue weighted by atomic mass is 16.5. The largest absolute Gasteiger partial charge is 0.495 e. The number of hydrogen-bond acceptors (Lipinski definition) is 3. The molecular formula is C24H23N3O3. The average molecular weight is 401 g/mol. The van der Waals surface area contributed by atoms with Crippen LogP contribution in [-0.4, -0.2) is 25.6 Å². The van der Waals surface area contributed by atoms with Crippen LogP contribution in [0.3, 0.4) is 0 Å². The first-order valence-electron chi connectivity index (χ1n) is 9.82. The van der Waals surface area contributed by atoms with Crippen LogP contribution in [0, 0.1) is 0 Å². The van der Waals surface area contributed by atoms with Crippen molar-refractivity contribution in [3.05, 3.63) is 89.5 Å². The van der Waals surface area contributed by atoms with Crippen molar-refractivity contribution >= 4 is 23.3 Å². The van der Waals surface area contributed by atoms with E-state index < -0.39 is 0 Å². The van der Waals surface area contributed by atoms with Gasteiger partial charge in [0.25, 0.3) is 5.91 Å². The summed E-state index contributed by atoms with van der Waals surface area (Å²) in [5, 5.41) is 5.65. The molecule has 0 unspecified atom stereocenters. The molecule has 2 N–H and O–H groups in total. The lowest BCUT2D eigenvalue weighted by Gasteiger charge is -2.18. The zero-order chi connectivity index (χ0) is 20.9. The molecule has 1 aliphatic rings. The van der Waals surface area contributed by atoms with Gasteiger partial charge >= 0.3 is 6.03 Å². The minimum Gasteiger partial charge on any atom is -0.495 e. The second-order valence-electron chi connectivity index (χ2n) is 7.04. The van der Waals surface area contributed by atoms with E-state index in [0.29, 0.717) is 30.1 Å². The maximum absolute atomic E-state index is 12.9. The van der Waals surface area contributed by atoms with Crippen LogP contribution in [0.15, 0.2) is 72.8 Å². The van der Waals surface area contributed by atoms with Gasteiger partial charge in [0.05, 0.1) is 12.8 Å². The number of anilines is 2. The molecule has 0 saturated carbocycles. The Balaban J connectivity index is 1.43. The first kappa shape index (κ1) is 19.5. The highest BCUT2D eigenvalue weighted by molar-refractivity contribution is 6.07. The van der Waals surface area contributed by atoms with Crippen LogP contribution < -0.4 is 20.3 Å². The van der Waals surface area contributed by atoms with Gasteiger partial charge in [-0.15, -0.1) is 0 Å².